The summed E-state index contributed by atoms with van der Waals surface area (Å²) < 4.78 is 0. The fourth-order valence-corrected chi connectivity index (χ4v) is 0.356. The Kier molecular flexibility index (Phi) is 4.10. The quantitative estimate of drug-likeness (QED) is 0.339. The van der Waals surface area contributed by atoms with E-state index >= 15 is 0 Å². The highest BCUT2D eigenvalue weighted by Gasteiger charge is 1.82. The van der Waals surface area contributed by atoms with Crippen LogP contribution in [0, 0.1) is 12.3 Å². The predicted octanol–water partition coefficient (Wildman–Crippen LogP) is 0.998. The molecule has 2 heteroatoms. The number of allylic oxidation sites excluding steroid dienone is 3. The van der Waals surface area contributed by atoms with E-state index in [1.807, 2.05) is 5.92 Å². The highest BCUT2D eigenvalue weighted by atomic mass is 16.3. The summed E-state index contributed by atoms with van der Waals surface area (Å²) in [6, 6.07) is 0. The Bertz CT molecular complexity index is 182. The van der Waals surface area contributed by atoms with Crippen molar-refractivity contribution in [2.75, 3.05) is 0 Å². The van der Waals surface area contributed by atoms with E-state index in [4.69, 9.17) is 16.6 Å². The second-order valence-corrected chi connectivity index (χ2v) is 1.82. The third-order valence-corrected chi connectivity index (χ3v) is 0.792. The Balaban J connectivity index is 3.85. The summed E-state index contributed by atoms with van der Waals surface area (Å²) in [6.45, 7) is 1.61. The third kappa shape index (κ3) is 4.95. The van der Waals surface area contributed by atoms with Crippen molar-refractivity contribution >= 4 is 0 Å². The maximum atomic E-state index is 8.69. The smallest absolute Gasteiger partial charge is 0.166 e. The van der Waals surface area contributed by atoms with Gasteiger partial charge in [-0.1, -0.05) is 12.2 Å². The molecule has 0 saturated heterocycles. The highest BCUT2D eigenvalue weighted by Crippen LogP contribution is 1.88. The van der Waals surface area contributed by atoms with Crippen LogP contribution in [-0.4, -0.2) is 16.3 Å². The molecule has 0 aromatic heterocycles. The number of hydrogen-bond donors (Lipinski definition) is 2. The van der Waals surface area contributed by atoms with Gasteiger partial charge in [-0.2, -0.15) is 0 Å². The molecule has 2 nitrogen and oxygen atoms in total. The molecule has 2 N–H and O–H groups in total. The molecule has 0 aromatic carbocycles. The first-order valence-corrected chi connectivity index (χ1v) is 2.89. The van der Waals surface area contributed by atoms with E-state index in [1.165, 1.54) is 18.2 Å². The lowest BCUT2D eigenvalue weighted by Gasteiger charge is -1.89. The van der Waals surface area contributed by atoms with E-state index in [0.717, 1.165) is 0 Å². The lowest BCUT2D eigenvalue weighted by molar-refractivity contribution is 0.244. The van der Waals surface area contributed by atoms with Crippen LogP contribution in [0.25, 0.3) is 0 Å². The first kappa shape index (κ1) is 8.80. The molecule has 0 heterocycles. The van der Waals surface area contributed by atoms with Crippen LogP contribution in [-0.2, 0) is 0 Å². The van der Waals surface area contributed by atoms with Gasteiger partial charge in [0.2, 0.25) is 0 Å². The van der Waals surface area contributed by atoms with Gasteiger partial charge in [-0.3, -0.25) is 0 Å². The molecule has 0 aliphatic rings. The minimum atomic E-state index is -0.512. The van der Waals surface area contributed by atoms with Gasteiger partial charge in [-0.05, 0) is 18.9 Å². The molecule has 54 valence electrons. The summed E-state index contributed by atoms with van der Waals surface area (Å²) in [5, 5.41) is 17.4. The van der Waals surface area contributed by atoms with Crippen LogP contribution in [0.5, 0.6) is 0 Å². The molecule has 0 fully saturated rings. The first-order chi connectivity index (χ1) is 4.66. The monoisotopic (exact) mass is 138 g/mol. The molecule has 0 radical (unpaired) electrons. The number of aliphatic hydroxyl groups is 2. The van der Waals surface area contributed by atoms with Gasteiger partial charge in [0.1, 0.15) is 0 Å². The van der Waals surface area contributed by atoms with Crippen molar-refractivity contribution in [1.29, 1.82) is 0 Å². The van der Waals surface area contributed by atoms with Crippen LogP contribution in [0.2, 0.25) is 0 Å². The number of terminal acetylenes is 1. The maximum absolute atomic E-state index is 8.69. The molecule has 0 amide bonds. The third-order valence-electron chi connectivity index (χ3n) is 0.792. The zero-order valence-corrected chi connectivity index (χ0v) is 5.78. The minimum Gasteiger partial charge on any atom is -0.501 e. The van der Waals surface area contributed by atoms with E-state index in [2.05, 4.69) is 0 Å². The van der Waals surface area contributed by atoms with Gasteiger partial charge < -0.3 is 10.2 Å². The SMILES string of the molecule is C#C/C(O)=C\C=C/C(C)O. The van der Waals surface area contributed by atoms with Crippen LogP contribution < -0.4 is 0 Å². The standard InChI is InChI=1S/C8H10O2/c1-3-8(10)6-4-5-7(2)9/h1,4-7,9-10H,2H3/b5-4-,8-6+. The molecule has 0 spiro atoms. The van der Waals surface area contributed by atoms with E-state index in [1.54, 1.807) is 6.92 Å². The summed E-state index contributed by atoms with van der Waals surface area (Å²) >= 11 is 0. The molecule has 0 bridgehead atoms. The summed E-state index contributed by atoms with van der Waals surface area (Å²) in [4.78, 5) is 0. The molecule has 1 atom stereocenters. The average molecular weight is 138 g/mol. The van der Waals surface area contributed by atoms with Crippen molar-refractivity contribution in [3.8, 4) is 12.3 Å². The summed E-state index contributed by atoms with van der Waals surface area (Å²) in [5.74, 6) is 1.88. The Morgan fingerprint density at radius 1 is 1.70 bits per heavy atom. The van der Waals surface area contributed by atoms with Crippen LogP contribution in [0.1, 0.15) is 6.92 Å². The molecule has 0 aromatic rings. The summed E-state index contributed by atoms with van der Waals surface area (Å²) in [6.07, 6.45) is 8.66. The molecule has 0 aliphatic heterocycles. The molecular formula is C8H10O2. The molecule has 1 unspecified atom stereocenters. The topological polar surface area (TPSA) is 40.5 Å². The normalized spacial score (nSPS) is 15.1. The number of hydrogen-bond acceptors (Lipinski definition) is 2. The first-order valence-electron chi connectivity index (χ1n) is 2.89. The number of rotatable bonds is 2. The Hall–Kier alpha value is -1.20. The second kappa shape index (κ2) is 4.66. The van der Waals surface area contributed by atoms with Crippen LogP contribution in [0.3, 0.4) is 0 Å². The Morgan fingerprint density at radius 3 is 2.70 bits per heavy atom. The van der Waals surface area contributed by atoms with E-state index in [-0.39, 0.29) is 5.76 Å². The largest absolute Gasteiger partial charge is 0.501 e. The van der Waals surface area contributed by atoms with E-state index < -0.39 is 6.10 Å². The van der Waals surface area contributed by atoms with Crippen molar-refractivity contribution in [2.24, 2.45) is 0 Å². The lowest BCUT2D eigenvalue weighted by Crippen LogP contribution is -1.90. The second-order valence-electron chi connectivity index (χ2n) is 1.82. The lowest BCUT2D eigenvalue weighted by atomic mass is 10.3. The fraction of sp³-hybridized carbons (Fsp3) is 0.250. The zero-order chi connectivity index (χ0) is 7.98. The van der Waals surface area contributed by atoms with Crippen molar-refractivity contribution in [1.82, 2.24) is 0 Å². The van der Waals surface area contributed by atoms with Gasteiger partial charge in [-0.15, -0.1) is 6.42 Å². The molecule has 0 rings (SSSR count). The molecular weight excluding hydrogens is 128 g/mol. The molecule has 0 saturated carbocycles. The summed E-state index contributed by atoms with van der Waals surface area (Å²) in [7, 11) is 0. The van der Waals surface area contributed by atoms with Crippen molar-refractivity contribution in [3.63, 3.8) is 0 Å². The van der Waals surface area contributed by atoms with Gasteiger partial charge in [0.15, 0.2) is 5.76 Å². The van der Waals surface area contributed by atoms with E-state index in [9.17, 15) is 0 Å². The van der Waals surface area contributed by atoms with Gasteiger partial charge >= 0.3 is 0 Å². The summed E-state index contributed by atoms with van der Waals surface area (Å²) in [5.41, 5.74) is 0. The number of aliphatic hydroxyl groups excluding tert-OH is 2. The predicted molar refractivity (Wildman–Crippen MR) is 40.4 cm³/mol. The molecule has 0 aliphatic carbocycles. The van der Waals surface area contributed by atoms with Gasteiger partial charge in [-0.25, -0.2) is 0 Å². The van der Waals surface area contributed by atoms with Crippen LogP contribution in [0.15, 0.2) is 24.0 Å². The highest BCUT2D eigenvalue weighted by molar-refractivity contribution is 5.22. The van der Waals surface area contributed by atoms with Crippen LogP contribution in [0.4, 0.5) is 0 Å². The van der Waals surface area contributed by atoms with Crippen molar-refractivity contribution < 1.29 is 10.2 Å². The minimum absolute atomic E-state index is 0.142. The fourth-order valence-electron chi connectivity index (χ4n) is 0.356. The molecule has 10 heavy (non-hydrogen) atoms. The Labute approximate surface area is 60.5 Å². The zero-order valence-electron chi connectivity index (χ0n) is 5.78. The average Bonchev–Trinajstić information content (AvgIpc) is 1.87. The maximum Gasteiger partial charge on any atom is 0.166 e. The van der Waals surface area contributed by atoms with Crippen molar-refractivity contribution in [3.05, 3.63) is 24.0 Å². The van der Waals surface area contributed by atoms with Gasteiger partial charge in [0.25, 0.3) is 0 Å². The van der Waals surface area contributed by atoms with Gasteiger partial charge in [0, 0.05) is 0 Å². The van der Waals surface area contributed by atoms with Crippen molar-refractivity contribution in [2.45, 2.75) is 13.0 Å². The van der Waals surface area contributed by atoms with Crippen LogP contribution >= 0.6 is 0 Å². The van der Waals surface area contributed by atoms with Gasteiger partial charge in [0.05, 0.1) is 6.10 Å². The Morgan fingerprint density at radius 2 is 2.30 bits per heavy atom. The van der Waals surface area contributed by atoms with E-state index in [0.29, 0.717) is 0 Å².